The Balaban J connectivity index is 1.92. The predicted octanol–water partition coefficient (Wildman–Crippen LogP) is 8.09. The zero-order valence-corrected chi connectivity index (χ0v) is 21.4. The first kappa shape index (κ1) is 25.9. The van der Waals surface area contributed by atoms with Crippen molar-refractivity contribution in [2.24, 2.45) is 0 Å². The molecule has 0 radical (unpaired) electrons. The lowest BCUT2D eigenvalue weighted by molar-refractivity contribution is 0.0679. The van der Waals surface area contributed by atoms with Crippen molar-refractivity contribution in [1.29, 1.82) is 0 Å². The SMILES string of the molecule is CCCCc1c(-c2ccccc2)cc(CCC)c(OC(=O)c2ccccc2)c1OC(=O)c1ccccc1. The van der Waals surface area contributed by atoms with Gasteiger partial charge in [-0.25, -0.2) is 9.59 Å². The Morgan fingerprint density at radius 3 is 1.65 bits per heavy atom. The van der Waals surface area contributed by atoms with E-state index < -0.39 is 11.9 Å². The van der Waals surface area contributed by atoms with Crippen molar-refractivity contribution in [2.45, 2.75) is 46.0 Å². The fourth-order valence-electron chi connectivity index (χ4n) is 4.34. The van der Waals surface area contributed by atoms with Crippen molar-refractivity contribution in [2.75, 3.05) is 0 Å². The van der Waals surface area contributed by atoms with E-state index >= 15 is 0 Å². The minimum absolute atomic E-state index is 0.325. The van der Waals surface area contributed by atoms with Crippen molar-refractivity contribution >= 4 is 11.9 Å². The van der Waals surface area contributed by atoms with Crippen LogP contribution in [0.3, 0.4) is 0 Å². The largest absolute Gasteiger partial charge is 0.419 e. The molecule has 0 heterocycles. The van der Waals surface area contributed by atoms with Gasteiger partial charge in [0.05, 0.1) is 11.1 Å². The molecular weight excluding hydrogens is 460 g/mol. The highest BCUT2D eigenvalue weighted by molar-refractivity contribution is 5.94. The number of aryl methyl sites for hydroxylation is 1. The minimum atomic E-state index is -0.483. The van der Waals surface area contributed by atoms with Crippen LogP contribution in [0.4, 0.5) is 0 Å². The number of carbonyl (C=O) groups excluding carboxylic acids is 2. The Labute approximate surface area is 218 Å². The molecular formula is C33H32O4. The molecule has 0 amide bonds. The number of benzene rings is 4. The smallest absolute Gasteiger partial charge is 0.343 e. The van der Waals surface area contributed by atoms with Gasteiger partial charge in [-0.2, -0.15) is 0 Å². The van der Waals surface area contributed by atoms with E-state index in [1.807, 2.05) is 30.3 Å². The highest BCUT2D eigenvalue weighted by Crippen LogP contribution is 2.43. The molecule has 37 heavy (non-hydrogen) atoms. The number of carbonyl (C=O) groups is 2. The summed E-state index contributed by atoms with van der Waals surface area (Å²) in [6.07, 6.45) is 4.05. The third-order valence-corrected chi connectivity index (χ3v) is 6.21. The van der Waals surface area contributed by atoms with Gasteiger partial charge in [0, 0.05) is 5.56 Å². The number of hydrogen-bond acceptors (Lipinski definition) is 4. The molecule has 4 heteroatoms. The predicted molar refractivity (Wildman–Crippen MR) is 147 cm³/mol. The van der Waals surface area contributed by atoms with Crippen LogP contribution in [-0.2, 0) is 12.8 Å². The van der Waals surface area contributed by atoms with Gasteiger partial charge in [-0.15, -0.1) is 0 Å². The van der Waals surface area contributed by atoms with Crippen molar-refractivity contribution in [3.63, 3.8) is 0 Å². The molecule has 4 nitrogen and oxygen atoms in total. The minimum Gasteiger partial charge on any atom is -0.419 e. The first-order chi connectivity index (χ1) is 18.1. The Hall–Kier alpha value is -4.18. The molecule has 188 valence electrons. The topological polar surface area (TPSA) is 52.6 Å². The maximum atomic E-state index is 13.3. The first-order valence-electron chi connectivity index (χ1n) is 12.9. The molecule has 0 bridgehead atoms. The lowest BCUT2D eigenvalue weighted by atomic mass is 9.91. The van der Waals surface area contributed by atoms with E-state index in [-0.39, 0.29) is 0 Å². The van der Waals surface area contributed by atoms with Crippen LogP contribution in [-0.4, -0.2) is 11.9 Å². The molecule has 4 aromatic rings. The van der Waals surface area contributed by atoms with E-state index in [0.29, 0.717) is 35.5 Å². The number of rotatable bonds is 10. The van der Waals surface area contributed by atoms with Gasteiger partial charge in [0.25, 0.3) is 0 Å². The van der Waals surface area contributed by atoms with Crippen LogP contribution in [0.2, 0.25) is 0 Å². The quantitative estimate of drug-likeness (QED) is 0.166. The van der Waals surface area contributed by atoms with E-state index in [1.54, 1.807) is 48.5 Å². The molecule has 0 aromatic heterocycles. The summed E-state index contributed by atoms with van der Waals surface area (Å²) in [7, 11) is 0. The van der Waals surface area contributed by atoms with E-state index in [0.717, 1.165) is 41.5 Å². The van der Waals surface area contributed by atoms with Crippen LogP contribution in [0, 0.1) is 0 Å². The van der Waals surface area contributed by atoms with Gasteiger partial charge >= 0.3 is 11.9 Å². The summed E-state index contributed by atoms with van der Waals surface area (Å²) in [5, 5.41) is 0. The monoisotopic (exact) mass is 492 g/mol. The van der Waals surface area contributed by atoms with Crippen molar-refractivity contribution in [1.82, 2.24) is 0 Å². The summed E-state index contributed by atoms with van der Waals surface area (Å²) < 4.78 is 12.2. The van der Waals surface area contributed by atoms with Crippen LogP contribution in [0.5, 0.6) is 11.5 Å². The third-order valence-electron chi connectivity index (χ3n) is 6.21. The van der Waals surface area contributed by atoms with Crippen LogP contribution in [0.15, 0.2) is 97.1 Å². The Kier molecular flexibility index (Phi) is 8.88. The van der Waals surface area contributed by atoms with Crippen molar-refractivity contribution in [3.05, 3.63) is 119 Å². The molecule has 0 atom stereocenters. The van der Waals surface area contributed by atoms with E-state index in [1.165, 1.54) is 0 Å². The normalized spacial score (nSPS) is 10.6. The van der Waals surface area contributed by atoms with Gasteiger partial charge in [0.15, 0.2) is 11.5 Å². The molecule has 0 unspecified atom stereocenters. The highest BCUT2D eigenvalue weighted by Gasteiger charge is 2.26. The van der Waals surface area contributed by atoms with Crippen LogP contribution < -0.4 is 9.47 Å². The summed E-state index contributed by atoms with van der Waals surface area (Å²) in [5.41, 5.74) is 4.60. The van der Waals surface area contributed by atoms with Gasteiger partial charge in [-0.3, -0.25) is 0 Å². The lowest BCUT2D eigenvalue weighted by Crippen LogP contribution is -2.16. The average molecular weight is 493 g/mol. The second-order valence-corrected chi connectivity index (χ2v) is 8.95. The Morgan fingerprint density at radius 1 is 0.622 bits per heavy atom. The number of ether oxygens (including phenoxy) is 2. The highest BCUT2D eigenvalue weighted by atomic mass is 16.6. The van der Waals surface area contributed by atoms with Crippen molar-refractivity contribution in [3.8, 4) is 22.6 Å². The summed E-state index contributed by atoms with van der Waals surface area (Å²) in [4.78, 5) is 26.5. The fraction of sp³-hybridized carbons (Fsp3) is 0.212. The summed E-state index contributed by atoms with van der Waals surface area (Å²) in [6.45, 7) is 4.20. The second kappa shape index (κ2) is 12.7. The Morgan fingerprint density at radius 2 is 1.14 bits per heavy atom. The number of hydrogen-bond donors (Lipinski definition) is 0. The zero-order valence-electron chi connectivity index (χ0n) is 21.4. The lowest BCUT2D eigenvalue weighted by Gasteiger charge is -2.22. The molecule has 0 saturated heterocycles. The van der Waals surface area contributed by atoms with Gasteiger partial charge in [0.2, 0.25) is 0 Å². The molecule has 4 rings (SSSR count). The van der Waals surface area contributed by atoms with Gasteiger partial charge in [-0.05, 0) is 66.3 Å². The van der Waals surface area contributed by atoms with Crippen LogP contribution in [0.1, 0.15) is 65.0 Å². The van der Waals surface area contributed by atoms with Gasteiger partial charge in [-0.1, -0.05) is 93.4 Å². The zero-order chi connectivity index (χ0) is 26.0. The molecule has 4 aromatic carbocycles. The molecule has 0 aliphatic heterocycles. The fourth-order valence-corrected chi connectivity index (χ4v) is 4.34. The Bertz CT molecular complexity index is 1330. The number of esters is 2. The van der Waals surface area contributed by atoms with E-state index in [4.69, 9.17) is 9.47 Å². The number of unbranched alkanes of at least 4 members (excludes halogenated alkanes) is 1. The maximum Gasteiger partial charge on any atom is 0.343 e. The van der Waals surface area contributed by atoms with Crippen LogP contribution in [0.25, 0.3) is 11.1 Å². The maximum absolute atomic E-state index is 13.3. The average Bonchev–Trinajstić information content (AvgIpc) is 2.95. The second-order valence-electron chi connectivity index (χ2n) is 8.95. The van der Waals surface area contributed by atoms with Gasteiger partial charge in [0.1, 0.15) is 0 Å². The summed E-state index contributed by atoms with van der Waals surface area (Å²) >= 11 is 0. The molecule has 0 fully saturated rings. The third kappa shape index (κ3) is 6.34. The van der Waals surface area contributed by atoms with Crippen LogP contribution >= 0.6 is 0 Å². The van der Waals surface area contributed by atoms with E-state index in [2.05, 4.69) is 32.0 Å². The first-order valence-corrected chi connectivity index (χ1v) is 12.9. The molecule has 0 N–H and O–H groups in total. The summed E-state index contributed by atoms with van der Waals surface area (Å²) in [6, 6.07) is 29.9. The molecule has 0 aliphatic carbocycles. The van der Waals surface area contributed by atoms with E-state index in [9.17, 15) is 9.59 Å². The van der Waals surface area contributed by atoms with Gasteiger partial charge < -0.3 is 9.47 Å². The molecule has 0 saturated carbocycles. The summed E-state index contributed by atoms with van der Waals surface area (Å²) in [5.74, 6) is -0.311. The molecule has 0 spiro atoms. The molecule has 0 aliphatic rings. The van der Waals surface area contributed by atoms with Crippen molar-refractivity contribution < 1.29 is 19.1 Å². The standard InChI is InChI=1S/C33H32O4/c1-3-5-22-28-29(24-16-9-6-10-17-24)23-27(15-4-2)30(36-32(34)25-18-11-7-12-19-25)31(28)37-33(35)26-20-13-8-14-21-26/h6-14,16-21,23H,3-5,15,22H2,1-2H3.